The zero-order valence-electron chi connectivity index (χ0n) is 21.2. The van der Waals surface area contributed by atoms with E-state index in [1.54, 1.807) is 41.3 Å². The Bertz CT molecular complexity index is 1170. The number of benzene rings is 2. The van der Waals surface area contributed by atoms with E-state index in [4.69, 9.17) is 18.9 Å². The molecule has 0 aromatic heterocycles. The number of carbonyl (C=O) groups is 2. The van der Waals surface area contributed by atoms with E-state index in [0.717, 1.165) is 25.7 Å². The maximum atomic E-state index is 13.5. The number of amides is 1. The van der Waals surface area contributed by atoms with E-state index in [0.29, 0.717) is 47.3 Å². The van der Waals surface area contributed by atoms with Crippen molar-refractivity contribution in [2.45, 2.75) is 51.6 Å². The Morgan fingerprint density at radius 3 is 2.33 bits per heavy atom. The third kappa shape index (κ3) is 4.47. The number of para-hydroxylation sites is 1. The van der Waals surface area contributed by atoms with Gasteiger partial charge in [0.1, 0.15) is 17.3 Å². The molecule has 1 saturated heterocycles. The van der Waals surface area contributed by atoms with E-state index in [1.807, 2.05) is 13.8 Å². The van der Waals surface area contributed by atoms with Gasteiger partial charge in [0.2, 0.25) is 0 Å². The van der Waals surface area contributed by atoms with Crippen LogP contribution in [0.15, 0.2) is 42.0 Å². The normalized spacial score (nSPS) is 19.6. The first kappa shape index (κ1) is 25.4. The molecule has 0 spiro atoms. The number of methoxy groups -OCH3 is 2. The molecule has 36 heavy (non-hydrogen) atoms. The minimum absolute atomic E-state index is 0.00330. The standard InChI is InChI=1S/C28H33NO7/c1-5-35-18-14-15-19(22(16-18)36-6-2)25(30)23-24(20-12-9-13-21(33-3)27(20)34-4)29(28(32)26(23)31)17-10-7-8-11-17/h9,12-17,24,30H,5-8,10-11H2,1-4H3/b25-23-. The van der Waals surface area contributed by atoms with Crippen LogP contribution in [0.5, 0.6) is 23.0 Å². The summed E-state index contributed by atoms with van der Waals surface area (Å²) in [7, 11) is 3.05. The molecule has 1 saturated carbocycles. The highest BCUT2D eigenvalue weighted by Crippen LogP contribution is 2.48. The van der Waals surface area contributed by atoms with Crippen molar-refractivity contribution in [2.75, 3.05) is 27.4 Å². The van der Waals surface area contributed by atoms with Gasteiger partial charge in [-0.05, 0) is 44.9 Å². The van der Waals surface area contributed by atoms with Crippen LogP contribution in [0.3, 0.4) is 0 Å². The van der Waals surface area contributed by atoms with E-state index in [9.17, 15) is 14.7 Å². The predicted molar refractivity (Wildman–Crippen MR) is 135 cm³/mol. The number of aliphatic hydroxyl groups is 1. The van der Waals surface area contributed by atoms with Crippen molar-refractivity contribution in [2.24, 2.45) is 0 Å². The minimum atomic E-state index is -0.834. The minimum Gasteiger partial charge on any atom is -0.507 e. The smallest absolute Gasteiger partial charge is 0.295 e. The van der Waals surface area contributed by atoms with Gasteiger partial charge in [-0.3, -0.25) is 9.59 Å². The van der Waals surface area contributed by atoms with Gasteiger partial charge in [-0.1, -0.05) is 25.0 Å². The quantitative estimate of drug-likeness (QED) is 0.301. The first-order chi connectivity index (χ1) is 17.5. The molecule has 8 heteroatoms. The summed E-state index contributed by atoms with van der Waals surface area (Å²) in [6, 6.07) is 9.42. The van der Waals surface area contributed by atoms with Crippen molar-refractivity contribution in [3.05, 3.63) is 53.1 Å². The summed E-state index contributed by atoms with van der Waals surface area (Å²) in [5, 5.41) is 11.6. The Morgan fingerprint density at radius 1 is 0.972 bits per heavy atom. The average molecular weight is 496 g/mol. The number of hydrogen-bond donors (Lipinski definition) is 1. The van der Waals surface area contributed by atoms with E-state index < -0.39 is 17.7 Å². The summed E-state index contributed by atoms with van der Waals surface area (Å²) in [5.41, 5.74) is 0.897. The summed E-state index contributed by atoms with van der Waals surface area (Å²) in [6.45, 7) is 4.52. The van der Waals surface area contributed by atoms with Crippen LogP contribution in [-0.4, -0.2) is 55.2 Å². The van der Waals surface area contributed by atoms with Gasteiger partial charge in [0.25, 0.3) is 11.7 Å². The average Bonchev–Trinajstić information content (AvgIpc) is 3.50. The van der Waals surface area contributed by atoms with Crippen LogP contribution in [0.1, 0.15) is 56.7 Å². The second kappa shape index (κ2) is 10.9. The van der Waals surface area contributed by atoms with Gasteiger partial charge in [0.15, 0.2) is 11.5 Å². The molecule has 2 aromatic rings. The number of ketones is 1. The van der Waals surface area contributed by atoms with Crippen LogP contribution >= 0.6 is 0 Å². The maximum absolute atomic E-state index is 13.5. The van der Waals surface area contributed by atoms with Gasteiger partial charge in [0, 0.05) is 17.7 Å². The molecule has 2 aliphatic rings. The highest BCUT2D eigenvalue weighted by atomic mass is 16.5. The summed E-state index contributed by atoms with van der Waals surface area (Å²) in [5.74, 6) is 0.183. The third-order valence-electron chi connectivity index (χ3n) is 6.75. The van der Waals surface area contributed by atoms with Crippen LogP contribution in [0.4, 0.5) is 0 Å². The number of Topliss-reactive ketones (excluding diaryl/α,β-unsaturated/α-hetero) is 1. The number of carbonyl (C=O) groups excluding carboxylic acids is 2. The molecule has 0 bridgehead atoms. The van der Waals surface area contributed by atoms with Crippen molar-refractivity contribution in [3.8, 4) is 23.0 Å². The molecule has 1 atom stereocenters. The maximum Gasteiger partial charge on any atom is 0.295 e. The molecule has 2 aromatic carbocycles. The zero-order valence-corrected chi connectivity index (χ0v) is 21.2. The molecule has 1 N–H and O–H groups in total. The summed E-state index contributed by atoms with van der Waals surface area (Å²) in [4.78, 5) is 28.6. The highest BCUT2D eigenvalue weighted by molar-refractivity contribution is 6.46. The van der Waals surface area contributed by atoms with E-state index >= 15 is 0 Å². The Kier molecular flexibility index (Phi) is 7.72. The summed E-state index contributed by atoms with van der Waals surface area (Å²) in [6.07, 6.45) is 3.54. The van der Waals surface area contributed by atoms with E-state index in [-0.39, 0.29) is 17.4 Å². The second-order valence-corrected chi connectivity index (χ2v) is 8.75. The summed E-state index contributed by atoms with van der Waals surface area (Å²) < 4.78 is 22.5. The van der Waals surface area contributed by atoms with Crippen molar-refractivity contribution < 1.29 is 33.6 Å². The fourth-order valence-corrected chi connectivity index (χ4v) is 5.22. The fraction of sp³-hybridized carbons (Fsp3) is 0.429. The number of aliphatic hydroxyl groups excluding tert-OH is 1. The molecule has 0 radical (unpaired) electrons. The number of hydrogen-bond acceptors (Lipinski definition) is 7. The monoisotopic (exact) mass is 495 g/mol. The molecule has 2 fully saturated rings. The lowest BCUT2D eigenvalue weighted by atomic mass is 9.93. The Balaban J connectivity index is 1.95. The lowest BCUT2D eigenvalue weighted by Gasteiger charge is -2.31. The van der Waals surface area contributed by atoms with Crippen LogP contribution in [-0.2, 0) is 9.59 Å². The lowest BCUT2D eigenvalue weighted by Crippen LogP contribution is -2.37. The predicted octanol–water partition coefficient (Wildman–Crippen LogP) is 4.87. The Morgan fingerprint density at radius 2 is 1.69 bits per heavy atom. The largest absolute Gasteiger partial charge is 0.507 e. The molecule has 1 unspecified atom stereocenters. The van der Waals surface area contributed by atoms with E-state index in [1.165, 1.54) is 14.2 Å². The molecule has 4 rings (SSSR count). The van der Waals surface area contributed by atoms with Gasteiger partial charge < -0.3 is 29.0 Å². The molecule has 1 heterocycles. The number of likely N-dealkylation sites (tertiary alicyclic amines) is 1. The molecule has 1 aliphatic carbocycles. The second-order valence-electron chi connectivity index (χ2n) is 8.75. The van der Waals surface area contributed by atoms with Crippen LogP contribution in [0.25, 0.3) is 5.76 Å². The van der Waals surface area contributed by atoms with Crippen LogP contribution in [0, 0.1) is 0 Å². The zero-order chi connectivity index (χ0) is 25.8. The first-order valence-corrected chi connectivity index (χ1v) is 12.4. The molecule has 1 aliphatic heterocycles. The highest BCUT2D eigenvalue weighted by Gasteiger charge is 2.50. The van der Waals surface area contributed by atoms with Crippen molar-refractivity contribution in [1.29, 1.82) is 0 Å². The summed E-state index contributed by atoms with van der Waals surface area (Å²) >= 11 is 0. The number of ether oxygens (including phenoxy) is 4. The van der Waals surface area contributed by atoms with Crippen molar-refractivity contribution in [1.82, 2.24) is 4.90 Å². The lowest BCUT2D eigenvalue weighted by molar-refractivity contribution is -0.141. The third-order valence-corrected chi connectivity index (χ3v) is 6.75. The Hall–Kier alpha value is -3.68. The van der Waals surface area contributed by atoms with Gasteiger partial charge in [-0.2, -0.15) is 0 Å². The van der Waals surface area contributed by atoms with Crippen molar-refractivity contribution in [3.63, 3.8) is 0 Å². The van der Waals surface area contributed by atoms with Gasteiger partial charge in [-0.25, -0.2) is 0 Å². The molecular weight excluding hydrogens is 462 g/mol. The molecule has 8 nitrogen and oxygen atoms in total. The SMILES string of the molecule is CCOc1ccc(/C(O)=C2/C(=O)C(=O)N(C3CCCC3)C2c2cccc(OC)c2OC)c(OCC)c1. The van der Waals surface area contributed by atoms with Crippen molar-refractivity contribution >= 4 is 17.4 Å². The van der Waals surface area contributed by atoms with Gasteiger partial charge >= 0.3 is 0 Å². The Labute approximate surface area is 211 Å². The van der Waals surface area contributed by atoms with Gasteiger partial charge in [0.05, 0.1) is 44.6 Å². The van der Waals surface area contributed by atoms with Gasteiger partial charge in [-0.15, -0.1) is 0 Å². The molecule has 192 valence electrons. The number of nitrogens with zero attached hydrogens (tertiary/aromatic N) is 1. The van der Waals surface area contributed by atoms with E-state index in [2.05, 4.69) is 0 Å². The van der Waals surface area contributed by atoms with Crippen LogP contribution in [0.2, 0.25) is 0 Å². The topological polar surface area (TPSA) is 94.5 Å². The number of rotatable bonds is 9. The van der Waals surface area contributed by atoms with Crippen LogP contribution < -0.4 is 18.9 Å². The first-order valence-electron chi connectivity index (χ1n) is 12.4. The fourth-order valence-electron chi connectivity index (χ4n) is 5.22. The molecular formula is C28H33NO7. The molecule has 1 amide bonds.